The van der Waals surface area contributed by atoms with Crippen molar-refractivity contribution in [2.45, 2.75) is 46.1 Å². The second kappa shape index (κ2) is 4.99. The summed E-state index contributed by atoms with van der Waals surface area (Å²) in [6.45, 7) is 6.68. The molecule has 1 fully saturated rings. The van der Waals surface area contributed by atoms with E-state index in [0.717, 1.165) is 41.7 Å². The van der Waals surface area contributed by atoms with Gasteiger partial charge in [0.15, 0.2) is 0 Å². The lowest BCUT2D eigenvalue weighted by molar-refractivity contribution is 0.101. The molecule has 0 aromatic heterocycles. The van der Waals surface area contributed by atoms with Gasteiger partial charge in [0, 0.05) is 0 Å². The molecule has 0 spiro atoms. The number of nitrogen functional groups attached to an aromatic ring is 1. The molecule has 0 bridgehead atoms. The number of ether oxygens (including phenoxy) is 1. The third-order valence-electron chi connectivity index (χ3n) is 3.66. The molecule has 0 amide bonds. The predicted octanol–water partition coefficient (Wildman–Crippen LogP) is 3.78. The summed E-state index contributed by atoms with van der Waals surface area (Å²) >= 11 is 0. The molecule has 1 aromatic carbocycles. The fourth-order valence-electron chi connectivity index (χ4n) is 2.97. The van der Waals surface area contributed by atoms with Crippen molar-refractivity contribution in [1.82, 2.24) is 0 Å². The monoisotopic (exact) mass is 233 g/mol. The van der Waals surface area contributed by atoms with Gasteiger partial charge in [0.25, 0.3) is 0 Å². The van der Waals surface area contributed by atoms with Gasteiger partial charge in [-0.05, 0) is 49.7 Å². The summed E-state index contributed by atoms with van der Waals surface area (Å²) in [7, 11) is 0. The van der Waals surface area contributed by atoms with Crippen molar-refractivity contribution >= 4 is 5.69 Å². The normalized spacial score (nSPS) is 29.0. The van der Waals surface area contributed by atoms with Crippen molar-refractivity contribution in [3.63, 3.8) is 0 Å². The summed E-state index contributed by atoms with van der Waals surface area (Å²) in [6, 6.07) is 5.95. The molecular formula is C15H23NO. The molecule has 2 atom stereocenters. The molecule has 2 N–H and O–H groups in total. The number of hydrogen-bond donors (Lipinski definition) is 1. The van der Waals surface area contributed by atoms with Crippen LogP contribution in [0.25, 0.3) is 0 Å². The molecule has 2 unspecified atom stereocenters. The molecule has 1 saturated carbocycles. The Morgan fingerprint density at radius 2 is 1.76 bits per heavy atom. The average Bonchev–Trinajstić information content (AvgIpc) is 2.22. The molecule has 1 aliphatic rings. The van der Waals surface area contributed by atoms with Crippen LogP contribution >= 0.6 is 0 Å². The maximum atomic E-state index is 6.13. The summed E-state index contributed by atoms with van der Waals surface area (Å²) in [5.74, 6) is 2.40. The lowest BCUT2D eigenvalue weighted by Crippen LogP contribution is -2.29. The Labute approximate surface area is 104 Å². The summed E-state index contributed by atoms with van der Waals surface area (Å²) in [6.07, 6.45) is 3.96. The molecule has 1 aromatic rings. The molecule has 0 aliphatic heterocycles. The van der Waals surface area contributed by atoms with Crippen molar-refractivity contribution in [2.24, 2.45) is 11.8 Å². The summed E-state index contributed by atoms with van der Waals surface area (Å²) in [4.78, 5) is 0. The van der Waals surface area contributed by atoms with Gasteiger partial charge in [-0.3, -0.25) is 0 Å². The molecule has 94 valence electrons. The Kier molecular flexibility index (Phi) is 3.60. The zero-order valence-corrected chi connectivity index (χ0v) is 11.1. The van der Waals surface area contributed by atoms with Crippen LogP contribution in [0.2, 0.25) is 0 Å². The predicted molar refractivity (Wildman–Crippen MR) is 72.2 cm³/mol. The zero-order chi connectivity index (χ0) is 12.4. The third-order valence-corrected chi connectivity index (χ3v) is 3.66. The Bertz CT molecular complexity index is 358. The molecule has 2 heteroatoms. The van der Waals surface area contributed by atoms with Crippen LogP contribution in [0, 0.1) is 18.8 Å². The van der Waals surface area contributed by atoms with E-state index >= 15 is 0 Å². The van der Waals surface area contributed by atoms with E-state index in [4.69, 9.17) is 10.5 Å². The number of anilines is 1. The first-order valence-electron chi connectivity index (χ1n) is 6.58. The van der Waals surface area contributed by atoms with Gasteiger partial charge in [-0.1, -0.05) is 26.0 Å². The van der Waals surface area contributed by atoms with Crippen LogP contribution in [0.15, 0.2) is 18.2 Å². The third kappa shape index (κ3) is 2.93. The first kappa shape index (κ1) is 12.3. The van der Waals surface area contributed by atoms with E-state index < -0.39 is 0 Å². The molecule has 0 saturated heterocycles. The van der Waals surface area contributed by atoms with Crippen molar-refractivity contribution in [2.75, 3.05) is 5.73 Å². The highest BCUT2D eigenvalue weighted by Crippen LogP contribution is 2.34. The highest BCUT2D eigenvalue weighted by Gasteiger charge is 2.25. The van der Waals surface area contributed by atoms with E-state index in [1.165, 1.54) is 6.42 Å². The molecule has 17 heavy (non-hydrogen) atoms. The smallest absolute Gasteiger partial charge is 0.145 e. The minimum Gasteiger partial charge on any atom is -0.488 e. The van der Waals surface area contributed by atoms with Gasteiger partial charge in [0.05, 0.1) is 11.8 Å². The van der Waals surface area contributed by atoms with E-state index in [-0.39, 0.29) is 0 Å². The second-order valence-corrected chi connectivity index (χ2v) is 5.65. The van der Waals surface area contributed by atoms with E-state index in [1.807, 2.05) is 12.1 Å². The Balaban J connectivity index is 2.10. The van der Waals surface area contributed by atoms with Gasteiger partial charge in [-0.25, -0.2) is 0 Å². The number of para-hydroxylation sites is 1. The van der Waals surface area contributed by atoms with Crippen molar-refractivity contribution < 1.29 is 4.74 Å². The summed E-state index contributed by atoms with van der Waals surface area (Å²) < 4.78 is 6.13. The first-order valence-corrected chi connectivity index (χ1v) is 6.58. The van der Waals surface area contributed by atoms with Gasteiger partial charge in [0.1, 0.15) is 5.75 Å². The second-order valence-electron chi connectivity index (χ2n) is 5.65. The SMILES string of the molecule is Cc1cccc(N)c1OC1CC(C)CC(C)C1. The van der Waals surface area contributed by atoms with Crippen LogP contribution in [0.1, 0.15) is 38.7 Å². The number of benzene rings is 1. The Morgan fingerprint density at radius 1 is 1.12 bits per heavy atom. The lowest BCUT2D eigenvalue weighted by Gasteiger charge is -2.32. The van der Waals surface area contributed by atoms with Crippen LogP contribution in [-0.2, 0) is 0 Å². The van der Waals surface area contributed by atoms with Crippen LogP contribution in [0.3, 0.4) is 0 Å². The van der Waals surface area contributed by atoms with Crippen LogP contribution < -0.4 is 10.5 Å². The van der Waals surface area contributed by atoms with Gasteiger partial charge < -0.3 is 10.5 Å². The zero-order valence-electron chi connectivity index (χ0n) is 11.1. The fourth-order valence-corrected chi connectivity index (χ4v) is 2.97. The topological polar surface area (TPSA) is 35.2 Å². The first-order chi connectivity index (χ1) is 8.06. The minimum absolute atomic E-state index is 0.331. The van der Waals surface area contributed by atoms with Crippen molar-refractivity contribution in [3.8, 4) is 5.75 Å². The summed E-state index contributed by atoms with van der Waals surface area (Å²) in [5.41, 5.74) is 7.88. The Hall–Kier alpha value is -1.18. The van der Waals surface area contributed by atoms with E-state index in [2.05, 4.69) is 26.8 Å². The lowest BCUT2D eigenvalue weighted by atomic mass is 9.82. The van der Waals surface area contributed by atoms with E-state index in [9.17, 15) is 0 Å². The minimum atomic E-state index is 0.331. The van der Waals surface area contributed by atoms with Crippen LogP contribution in [0.5, 0.6) is 5.75 Å². The van der Waals surface area contributed by atoms with Crippen molar-refractivity contribution in [3.05, 3.63) is 23.8 Å². The standard InChI is InChI=1S/C15H23NO/c1-10-7-11(2)9-13(8-10)17-15-12(3)5-4-6-14(15)16/h4-6,10-11,13H,7-9,16H2,1-3H3. The molecule has 2 rings (SSSR count). The van der Waals surface area contributed by atoms with E-state index in [1.54, 1.807) is 0 Å². The van der Waals surface area contributed by atoms with Crippen LogP contribution in [-0.4, -0.2) is 6.10 Å². The quantitative estimate of drug-likeness (QED) is 0.789. The van der Waals surface area contributed by atoms with Crippen molar-refractivity contribution in [1.29, 1.82) is 0 Å². The van der Waals surface area contributed by atoms with E-state index in [0.29, 0.717) is 6.10 Å². The number of aryl methyl sites for hydroxylation is 1. The molecular weight excluding hydrogens is 210 g/mol. The van der Waals surface area contributed by atoms with Gasteiger partial charge in [-0.15, -0.1) is 0 Å². The maximum Gasteiger partial charge on any atom is 0.145 e. The van der Waals surface area contributed by atoms with Gasteiger partial charge >= 0.3 is 0 Å². The maximum absolute atomic E-state index is 6.13. The largest absolute Gasteiger partial charge is 0.488 e. The number of hydrogen-bond acceptors (Lipinski definition) is 2. The molecule has 0 heterocycles. The molecule has 0 radical (unpaired) electrons. The Morgan fingerprint density at radius 3 is 2.35 bits per heavy atom. The average molecular weight is 233 g/mol. The fraction of sp³-hybridized carbons (Fsp3) is 0.600. The molecule has 1 aliphatic carbocycles. The van der Waals surface area contributed by atoms with Gasteiger partial charge in [-0.2, -0.15) is 0 Å². The van der Waals surface area contributed by atoms with Gasteiger partial charge in [0.2, 0.25) is 0 Å². The highest BCUT2D eigenvalue weighted by atomic mass is 16.5. The highest BCUT2D eigenvalue weighted by molar-refractivity contribution is 5.56. The van der Waals surface area contributed by atoms with Crippen LogP contribution in [0.4, 0.5) is 5.69 Å². The molecule has 2 nitrogen and oxygen atoms in total. The summed E-state index contributed by atoms with van der Waals surface area (Å²) in [5, 5.41) is 0. The number of rotatable bonds is 2. The number of nitrogens with two attached hydrogens (primary N) is 1.